The maximum absolute atomic E-state index is 11.1. The summed E-state index contributed by atoms with van der Waals surface area (Å²) in [7, 11) is 1.68. The molecular weight excluding hydrogens is 292 g/mol. The molecule has 1 aliphatic heterocycles. The highest BCUT2D eigenvalue weighted by molar-refractivity contribution is 5.85. The Morgan fingerprint density at radius 3 is 2.91 bits per heavy atom. The van der Waals surface area contributed by atoms with Crippen molar-refractivity contribution < 1.29 is 14.6 Å². The number of carboxylic acids is 1. The molecule has 1 saturated heterocycles. The van der Waals surface area contributed by atoms with E-state index in [0.717, 1.165) is 37.4 Å². The zero-order valence-corrected chi connectivity index (χ0v) is 13.1. The van der Waals surface area contributed by atoms with Gasteiger partial charge in [0, 0.05) is 12.6 Å². The Labute approximate surface area is 135 Å². The summed E-state index contributed by atoms with van der Waals surface area (Å²) in [5.41, 5.74) is 1.26. The minimum atomic E-state index is -0.993. The summed E-state index contributed by atoms with van der Waals surface area (Å²) >= 11 is 0. The number of aromatic nitrogens is 1. The first-order chi connectivity index (χ1) is 11.2. The van der Waals surface area contributed by atoms with Crippen LogP contribution in [0.15, 0.2) is 42.5 Å². The summed E-state index contributed by atoms with van der Waals surface area (Å²) in [5.74, 6) is 0.640. The quantitative estimate of drug-likeness (QED) is 0.919. The highest BCUT2D eigenvalue weighted by atomic mass is 16.5. The molecule has 1 atom stereocenters. The normalized spacial score (nSPS) is 17.3. The number of carboxylic acid groups (broad SMARTS) is 1. The second-order valence-corrected chi connectivity index (χ2v) is 5.69. The van der Waals surface area contributed by atoms with Crippen molar-refractivity contribution >= 4 is 11.8 Å². The molecule has 1 N–H and O–H groups in total. The van der Waals surface area contributed by atoms with Crippen LogP contribution in [0.2, 0.25) is 0 Å². The number of rotatable bonds is 5. The van der Waals surface area contributed by atoms with Crippen molar-refractivity contribution in [1.82, 2.24) is 4.98 Å². The number of hydrogen-bond acceptors (Lipinski definition) is 4. The first-order valence-corrected chi connectivity index (χ1v) is 7.78. The van der Waals surface area contributed by atoms with Gasteiger partial charge in [-0.15, -0.1) is 0 Å². The van der Waals surface area contributed by atoms with E-state index in [1.165, 1.54) is 11.6 Å². The smallest absolute Gasteiger partial charge is 0.354 e. The highest BCUT2D eigenvalue weighted by Crippen LogP contribution is 2.29. The number of carbonyl (C=O) groups is 1. The van der Waals surface area contributed by atoms with Crippen LogP contribution in [-0.4, -0.2) is 35.8 Å². The van der Waals surface area contributed by atoms with Crippen LogP contribution in [-0.2, 0) is 6.42 Å². The third-order valence-corrected chi connectivity index (χ3v) is 4.27. The van der Waals surface area contributed by atoms with Crippen molar-refractivity contribution in [2.75, 3.05) is 18.6 Å². The van der Waals surface area contributed by atoms with Crippen molar-refractivity contribution in [1.29, 1.82) is 0 Å². The molecule has 0 radical (unpaired) electrons. The zero-order valence-electron chi connectivity index (χ0n) is 13.1. The van der Waals surface area contributed by atoms with Crippen LogP contribution >= 0.6 is 0 Å². The van der Waals surface area contributed by atoms with Gasteiger partial charge in [0.05, 0.1) is 7.11 Å². The molecule has 0 saturated carbocycles. The molecule has 0 amide bonds. The summed E-state index contributed by atoms with van der Waals surface area (Å²) in [6.07, 6.45) is 3.01. The Kier molecular flexibility index (Phi) is 4.46. The molecule has 1 fully saturated rings. The number of aromatic carboxylic acids is 1. The van der Waals surface area contributed by atoms with Crippen molar-refractivity contribution in [3.63, 3.8) is 0 Å². The van der Waals surface area contributed by atoms with Crippen LogP contribution in [0.4, 0.5) is 5.82 Å². The fourth-order valence-electron chi connectivity index (χ4n) is 3.18. The summed E-state index contributed by atoms with van der Waals surface area (Å²) < 4.78 is 5.44. The number of nitrogens with zero attached hydrogens (tertiary/aromatic N) is 2. The third-order valence-electron chi connectivity index (χ3n) is 4.27. The van der Waals surface area contributed by atoms with Gasteiger partial charge in [-0.25, -0.2) is 9.78 Å². The van der Waals surface area contributed by atoms with E-state index >= 15 is 0 Å². The number of hydrogen-bond donors (Lipinski definition) is 1. The molecule has 1 unspecified atom stereocenters. The lowest BCUT2D eigenvalue weighted by Crippen LogP contribution is -2.32. The summed E-state index contributed by atoms with van der Waals surface area (Å²) in [6.45, 7) is 0.899. The number of benzene rings is 1. The molecule has 3 rings (SSSR count). The van der Waals surface area contributed by atoms with Gasteiger partial charge in [-0.1, -0.05) is 24.3 Å². The number of ether oxygens (including phenoxy) is 1. The molecule has 2 aromatic rings. The molecular formula is C18H20N2O3. The maximum Gasteiger partial charge on any atom is 0.354 e. The first-order valence-electron chi connectivity index (χ1n) is 7.78. The highest BCUT2D eigenvalue weighted by Gasteiger charge is 2.27. The Balaban J connectivity index is 1.83. The van der Waals surface area contributed by atoms with E-state index in [-0.39, 0.29) is 5.69 Å². The summed E-state index contributed by atoms with van der Waals surface area (Å²) in [4.78, 5) is 17.6. The van der Waals surface area contributed by atoms with Gasteiger partial charge in [-0.05, 0) is 43.0 Å². The second-order valence-electron chi connectivity index (χ2n) is 5.69. The van der Waals surface area contributed by atoms with Gasteiger partial charge in [0.15, 0.2) is 5.69 Å². The minimum Gasteiger partial charge on any atom is -0.496 e. The number of methoxy groups -OCH3 is 1. The largest absolute Gasteiger partial charge is 0.496 e. The van der Waals surface area contributed by atoms with E-state index in [9.17, 15) is 4.79 Å². The fourth-order valence-corrected chi connectivity index (χ4v) is 3.18. The molecule has 5 nitrogen and oxygen atoms in total. The summed E-state index contributed by atoms with van der Waals surface area (Å²) in [5, 5.41) is 9.12. The van der Waals surface area contributed by atoms with E-state index in [2.05, 4.69) is 16.0 Å². The van der Waals surface area contributed by atoms with Gasteiger partial charge >= 0.3 is 5.97 Å². The van der Waals surface area contributed by atoms with Crippen molar-refractivity contribution in [3.05, 3.63) is 53.7 Å². The Morgan fingerprint density at radius 1 is 1.30 bits per heavy atom. The molecule has 5 heteroatoms. The van der Waals surface area contributed by atoms with Crippen molar-refractivity contribution in [3.8, 4) is 5.75 Å². The molecule has 2 heterocycles. The van der Waals surface area contributed by atoms with Gasteiger partial charge in [-0.2, -0.15) is 0 Å². The van der Waals surface area contributed by atoms with Crippen molar-refractivity contribution in [2.24, 2.45) is 0 Å². The van der Waals surface area contributed by atoms with E-state index in [0.29, 0.717) is 6.04 Å². The first kappa shape index (κ1) is 15.3. The Morgan fingerprint density at radius 2 is 2.13 bits per heavy atom. The van der Waals surface area contributed by atoms with Gasteiger partial charge in [0.1, 0.15) is 11.6 Å². The van der Waals surface area contributed by atoms with Crippen molar-refractivity contribution in [2.45, 2.75) is 25.3 Å². The molecule has 1 aliphatic rings. The SMILES string of the molecule is COc1ccccc1CC1CCCN1c1cccc(C(=O)O)n1. The molecule has 23 heavy (non-hydrogen) atoms. The lowest BCUT2D eigenvalue weighted by atomic mass is 10.0. The molecule has 0 bridgehead atoms. The second kappa shape index (κ2) is 6.69. The Hall–Kier alpha value is -2.56. The lowest BCUT2D eigenvalue weighted by molar-refractivity contribution is 0.0690. The molecule has 1 aromatic carbocycles. The molecule has 120 valence electrons. The fraction of sp³-hybridized carbons (Fsp3) is 0.333. The topological polar surface area (TPSA) is 62.7 Å². The van der Waals surface area contributed by atoms with Crippen LogP contribution in [0.3, 0.4) is 0 Å². The van der Waals surface area contributed by atoms with Crippen LogP contribution < -0.4 is 9.64 Å². The van der Waals surface area contributed by atoms with Crippen LogP contribution in [0.25, 0.3) is 0 Å². The molecule has 0 aliphatic carbocycles. The van der Waals surface area contributed by atoms with Gasteiger partial charge in [-0.3, -0.25) is 0 Å². The van der Waals surface area contributed by atoms with Crippen LogP contribution in [0.1, 0.15) is 28.9 Å². The van der Waals surface area contributed by atoms with Gasteiger partial charge in [0.2, 0.25) is 0 Å². The number of para-hydroxylation sites is 1. The van der Waals surface area contributed by atoms with E-state index < -0.39 is 5.97 Å². The summed E-state index contributed by atoms with van der Waals surface area (Å²) in [6, 6.07) is 13.5. The maximum atomic E-state index is 11.1. The lowest BCUT2D eigenvalue weighted by Gasteiger charge is -2.26. The minimum absolute atomic E-state index is 0.0884. The number of pyridine rings is 1. The van der Waals surface area contributed by atoms with Crippen LogP contribution in [0, 0.1) is 0 Å². The van der Waals surface area contributed by atoms with E-state index in [4.69, 9.17) is 9.84 Å². The average Bonchev–Trinajstić information content (AvgIpc) is 3.03. The van der Waals surface area contributed by atoms with E-state index in [1.807, 2.05) is 24.3 Å². The monoisotopic (exact) mass is 312 g/mol. The van der Waals surface area contributed by atoms with Crippen LogP contribution in [0.5, 0.6) is 5.75 Å². The van der Waals surface area contributed by atoms with Gasteiger partial charge < -0.3 is 14.7 Å². The standard InChI is InChI=1S/C18H20N2O3/c1-23-16-9-3-2-6-13(16)12-14-7-5-11-20(14)17-10-4-8-15(19-17)18(21)22/h2-4,6,8-10,14H,5,7,11-12H2,1H3,(H,21,22). The average molecular weight is 312 g/mol. The molecule has 0 spiro atoms. The zero-order chi connectivity index (χ0) is 16.2. The number of anilines is 1. The predicted octanol–water partition coefficient (Wildman–Crippen LogP) is 3.00. The third kappa shape index (κ3) is 3.28. The predicted molar refractivity (Wildman–Crippen MR) is 88.3 cm³/mol. The molecule has 1 aromatic heterocycles. The Bertz CT molecular complexity index is 702. The van der Waals surface area contributed by atoms with Gasteiger partial charge in [0.25, 0.3) is 0 Å². The van der Waals surface area contributed by atoms with E-state index in [1.54, 1.807) is 13.2 Å².